The highest BCUT2D eigenvalue weighted by Crippen LogP contribution is 2.26. The lowest BCUT2D eigenvalue weighted by atomic mass is 10.1. The number of pyridine rings is 1. The quantitative estimate of drug-likeness (QED) is 0.400. The number of benzene rings is 2. The van der Waals surface area contributed by atoms with Gasteiger partial charge < -0.3 is 10.1 Å². The number of nitrogens with one attached hydrogen (secondary N) is 2. The lowest BCUT2D eigenvalue weighted by Gasteiger charge is -2.20. The molecule has 184 valence electrons. The molecule has 2 N–H and O–H groups in total. The normalized spacial score (nSPS) is 11.2. The summed E-state index contributed by atoms with van der Waals surface area (Å²) in [6.07, 6.45) is 1.56. The van der Waals surface area contributed by atoms with Crippen LogP contribution in [0.15, 0.2) is 72.9 Å². The van der Waals surface area contributed by atoms with Gasteiger partial charge in [0.2, 0.25) is 0 Å². The number of nitrogens with zero attached hydrogens (tertiary/aromatic N) is 3. The molecule has 0 fully saturated rings. The average Bonchev–Trinajstić information content (AvgIpc) is 3.24. The van der Waals surface area contributed by atoms with Gasteiger partial charge in [0.05, 0.1) is 29.4 Å². The van der Waals surface area contributed by atoms with Crippen molar-refractivity contribution in [3.8, 4) is 11.3 Å². The number of amides is 3. The number of esters is 1. The van der Waals surface area contributed by atoms with Crippen molar-refractivity contribution >= 4 is 28.9 Å². The van der Waals surface area contributed by atoms with E-state index < -0.39 is 30.1 Å². The number of carbonyl (C=O) groups excluding carboxylic acids is 3. The summed E-state index contributed by atoms with van der Waals surface area (Å²) in [5.41, 5.74) is 2.64. The third kappa shape index (κ3) is 6.12. The van der Waals surface area contributed by atoms with Crippen LogP contribution >= 0.6 is 0 Å². The first-order chi connectivity index (χ1) is 17.2. The minimum Gasteiger partial charge on any atom is -0.452 e. The molecule has 0 aliphatic heterocycles. The van der Waals surface area contributed by atoms with Crippen molar-refractivity contribution in [2.45, 2.75) is 32.9 Å². The van der Waals surface area contributed by atoms with Gasteiger partial charge in [-0.3, -0.25) is 10.1 Å². The molecule has 2 aromatic heterocycles. The Morgan fingerprint density at radius 2 is 1.64 bits per heavy atom. The second kappa shape index (κ2) is 10.4. The number of hydrogen-bond acceptors (Lipinski definition) is 6. The fourth-order valence-electron chi connectivity index (χ4n) is 3.59. The highest BCUT2D eigenvalue weighted by molar-refractivity contribution is 6.05. The molecular formula is C27H27N5O4. The summed E-state index contributed by atoms with van der Waals surface area (Å²) in [6, 6.07) is 20.2. The molecule has 0 atom stereocenters. The molecule has 0 radical (unpaired) electrons. The highest BCUT2D eigenvalue weighted by Gasteiger charge is 2.21. The monoisotopic (exact) mass is 485 g/mol. The molecular weight excluding hydrogens is 458 g/mol. The summed E-state index contributed by atoms with van der Waals surface area (Å²) < 4.78 is 6.97. The third-order valence-electron chi connectivity index (χ3n) is 5.15. The Hall–Kier alpha value is -4.53. The Kier molecular flexibility index (Phi) is 7.10. The fourth-order valence-corrected chi connectivity index (χ4v) is 3.59. The molecule has 36 heavy (non-hydrogen) atoms. The largest absolute Gasteiger partial charge is 0.452 e. The van der Waals surface area contributed by atoms with Crippen LogP contribution in [0.25, 0.3) is 22.3 Å². The fraction of sp³-hybridized carbons (Fsp3) is 0.222. The average molecular weight is 486 g/mol. The van der Waals surface area contributed by atoms with E-state index in [-0.39, 0.29) is 5.56 Å². The second-order valence-corrected chi connectivity index (χ2v) is 9.27. The van der Waals surface area contributed by atoms with Gasteiger partial charge in [-0.05, 0) is 32.4 Å². The predicted octanol–water partition coefficient (Wildman–Crippen LogP) is 3.93. The lowest BCUT2D eigenvalue weighted by molar-refractivity contribution is -0.123. The van der Waals surface area contributed by atoms with Crippen molar-refractivity contribution in [3.63, 3.8) is 0 Å². The molecule has 9 heteroatoms. The van der Waals surface area contributed by atoms with Gasteiger partial charge in [0.25, 0.3) is 5.91 Å². The number of ether oxygens (including phenoxy) is 1. The number of urea groups is 1. The molecule has 0 bridgehead atoms. The molecule has 0 unspecified atom stereocenters. The third-order valence-corrected chi connectivity index (χ3v) is 5.15. The van der Waals surface area contributed by atoms with Gasteiger partial charge in [0.1, 0.15) is 0 Å². The topological polar surface area (TPSA) is 115 Å². The number of imide groups is 1. The predicted molar refractivity (Wildman–Crippen MR) is 135 cm³/mol. The van der Waals surface area contributed by atoms with Crippen LogP contribution in [-0.4, -0.2) is 44.8 Å². The Labute approximate surface area is 208 Å². The zero-order valence-corrected chi connectivity index (χ0v) is 20.3. The summed E-state index contributed by atoms with van der Waals surface area (Å²) >= 11 is 0. The van der Waals surface area contributed by atoms with Crippen molar-refractivity contribution in [1.29, 1.82) is 0 Å². The standard InChI is InChI=1S/C27H27N5O4/c1-27(2,3)31-26(35)30-23(33)17-36-25(34)20-14-22(19-12-8-5-9-13-19)29-24-21(20)15-28-32(24)16-18-10-6-4-7-11-18/h4-15H,16-17H2,1-3H3,(H2,30,31,33,35). The number of rotatable bonds is 6. The number of fused-ring (bicyclic) bond motifs is 1. The summed E-state index contributed by atoms with van der Waals surface area (Å²) in [4.78, 5) is 41.9. The van der Waals surface area contributed by atoms with Gasteiger partial charge in [0.15, 0.2) is 12.3 Å². The number of carbonyl (C=O) groups is 3. The molecule has 2 aromatic carbocycles. The van der Waals surface area contributed by atoms with Crippen LogP contribution in [0.5, 0.6) is 0 Å². The first-order valence-corrected chi connectivity index (χ1v) is 11.4. The van der Waals surface area contributed by atoms with Crippen LogP contribution < -0.4 is 10.6 Å². The van der Waals surface area contributed by atoms with Crippen LogP contribution in [0.3, 0.4) is 0 Å². The van der Waals surface area contributed by atoms with Crippen LogP contribution in [0.2, 0.25) is 0 Å². The van der Waals surface area contributed by atoms with Crippen LogP contribution in [0.4, 0.5) is 4.79 Å². The Morgan fingerprint density at radius 3 is 2.31 bits per heavy atom. The zero-order valence-electron chi connectivity index (χ0n) is 20.3. The molecule has 0 spiro atoms. The first-order valence-electron chi connectivity index (χ1n) is 11.4. The van der Waals surface area contributed by atoms with Crippen molar-refractivity contribution in [3.05, 3.63) is 84.1 Å². The number of hydrogen-bond donors (Lipinski definition) is 2. The summed E-state index contributed by atoms with van der Waals surface area (Å²) in [6.45, 7) is 5.21. The molecule has 9 nitrogen and oxygen atoms in total. The molecule has 4 aromatic rings. The minimum absolute atomic E-state index is 0.227. The van der Waals surface area contributed by atoms with Gasteiger partial charge >= 0.3 is 12.0 Å². The molecule has 3 amide bonds. The van der Waals surface area contributed by atoms with Crippen molar-refractivity contribution in [1.82, 2.24) is 25.4 Å². The van der Waals surface area contributed by atoms with E-state index in [1.54, 1.807) is 37.7 Å². The van der Waals surface area contributed by atoms with Gasteiger partial charge in [-0.15, -0.1) is 0 Å². The molecule has 0 saturated heterocycles. The molecule has 0 saturated carbocycles. The van der Waals surface area contributed by atoms with E-state index in [0.717, 1.165) is 11.1 Å². The van der Waals surface area contributed by atoms with Gasteiger partial charge in [0, 0.05) is 11.1 Å². The van der Waals surface area contributed by atoms with Crippen LogP contribution in [0, 0.1) is 0 Å². The van der Waals surface area contributed by atoms with Crippen molar-refractivity contribution in [2.24, 2.45) is 0 Å². The SMILES string of the molecule is CC(C)(C)NC(=O)NC(=O)COC(=O)c1cc(-c2ccccc2)nc2c1cnn2Cc1ccccc1. The van der Waals surface area contributed by atoms with Gasteiger partial charge in [-0.25, -0.2) is 19.3 Å². The lowest BCUT2D eigenvalue weighted by Crippen LogP contribution is -2.49. The van der Waals surface area contributed by atoms with E-state index in [1.165, 1.54) is 0 Å². The molecule has 2 heterocycles. The Morgan fingerprint density at radius 1 is 0.972 bits per heavy atom. The van der Waals surface area contributed by atoms with Crippen LogP contribution in [-0.2, 0) is 16.1 Å². The minimum atomic E-state index is -0.738. The maximum Gasteiger partial charge on any atom is 0.339 e. The van der Waals surface area contributed by atoms with Crippen LogP contribution in [0.1, 0.15) is 36.7 Å². The van der Waals surface area contributed by atoms with Gasteiger partial charge in [-0.1, -0.05) is 60.7 Å². The van der Waals surface area contributed by atoms with E-state index in [0.29, 0.717) is 23.3 Å². The zero-order chi connectivity index (χ0) is 25.7. The molecule has 0 aliphatic carbocycles. The number of aromatic nitrogens is 3. The van der Waals surface area contributed by atoms with Gasteiger partial charge in [-0.2, -0.15) is 5.10 Å². The van der Waals surface area contributed by atoms with E-state index in [2.05, 4.69) is 15.7 Å². The van der Waals surface area contributed by atoms with Crippen molar-refractivity contribution in [2.75, 3.05) is 6.61 Å². The second-order valence-electron chi connectivity index (χ2n) is 9.27. The first kappa shape index (κ1) is 24.6. The smallest absolute Gasteiger partial charge is 0.339 e. The van der Waals surface area contributed by atoms with E-state index in [1.807, 2.05) is 60.7 Å². The van der Waals surface area contributed by atoms with E-state index in [9.17, 15) is 14.4 Å². The Bertz CT molecular complexity index is 1390. The van der Waals surface area contributed by atoms with Crippen molar-refractivity contribution < 1.29 is 19.1 Å². The molecule has 4 rings (SSSR count). The summed E-state index contributed by atoms with van der Waals surface area (Å²) in [5.74, 6) is -1.45. The Balaban J connectivity index is 1.60. The molecule has 0 aliphatic rings. The van der Waals surface area contributed by atoms with E-state index >= 15 is 0 Å². The maximum atomic E-state index is 13.1. The highest BCUT2D eigenvalue weighted by atomic mass is 16.5. The summed E-state index contributed by atoms with van der Waals surface area (Å²) in [7, 11) is 0. The van der Waals surface area contributed by atoms with E-state index in [4.69, 9.17) is 9.72 Å². The summed E-state index contributed by atoms with van der Waals surface area (Å²) in [5, 5.41) is 9.72. The maximum absolute atomic E-state index is 13.1.